The molecule has 69 heavy (non-hydrogen) atoms. The fraction of sp³-hybridized carbons (Fsp3) is 0.635. The molecular formula is C52H82Cl2N8O7. The quantitative estimate of drug-likeness (QED) is 0.0684. The summed E-state index contributed by atoms with van der Waals surface area (Å²) in [5.74, 6) is -2.07. The summed E-state index contributed by atoms with van der Waals surface area (Å²) in [6.45, 7) is 19.1. The minimum Gasteiger partial charge on any atom is -0.352 e. The van der Waals surface area contributed by atoms with Gasteiger partial charge in [-0.3, -0.25) is 33.6 Å². The Kier molecular flexibility index (Phi) is 24.5. The van der Waals surface area contributed by atoms with Crippen molar-refractivity contribution >= 4 is 65.9 Å². The summed E-state index contributed by atoms with van der Waals surface area (Å²) < 4.78 is 0. The van der Waals surface area contributed by atoms with Gasteiger partial charge in [0.2, 0.25) is 29.5 Å². The lowest BCUT2D eigenvalue weighted by molar-refractivity contribution is -0.144. The summed E-state index contributed by atoms with van der Waals surface area (Å²) in [5.41, 5.74) is 2.22. The van der Waals surface area contributed by atoms with Gasteiger partial charge in [-0.25, -0.2) is 0 Å². The molecule has 1 fully saturated rings. The second-order valence-corrected chi connectivity index (χ2v) is 20.3. The Labute approximate surface area is 423 Å². The van der Waals surface area contributed by atoms with Crippen molar-refractivity contribution in [2.45, 2.75) is 175 Å². The van der Waals surface area contributed by atoms with E-state index in [1.54, 1.807) is 57.1 Å². The van der Waals surface area contributed by atoms with Crippen LogP contribution in [0.25, 0.3) is 0 Å². The SMILES string of the molecule is CC[C@H](NC(=O)[C@H](C)NC)C(C)N[C@@H](CCC(=O)c1cccc(C(=O)C[C@H]2C[C@@H](C(=O)N[C@@H]3CCCc4ccccc43)N(C(=O)[C@@H](NC(=O)[C@H](C)NC)C(C)(C)C)C2)c1)C(=O)N[C@H](C)C(C)C.Cl.Cl. The maximum absolute atomic E-state index is 14.6. The fourth-order valence-electron chi connectivity index (χ4n) is 8.85. The summed E-state index contributed by atoms with van der Waals surface area (Å²) in [7, 11) is 3.38. The van der Waals surface area contributed by atoms with Crippen molar-refractivity contribution in [3.8, 4) is 0 Å². The van der Waals surface area contributed by atoms with Gasteiger partial charge in [-0.15, -0.1) is 24.8 Å². The topological polar surface area (TPSA) is 207 Å². The molecular weight excluding hydrogens is 920 g/mol. The summed E-state index contributed by atoms with van der Waals surface area (Å²) in [5, 5.41) is 21.6. The van der Waals surface area contributed by atoms with Gasteiger partial charge in [0.25, 0.3) is 0 Å². The van der Waals surface area contributed by atoms with E-state index in [4.69, 9.17) is 0 Å². The van der Waals surface area contributed by atoms with E-state index in [9.17, 15) is 33.6 Å². The highest BCUT2D eigenvalue weighted by Crippen LogP contribution is 2.34. The van der Waals surface area contributed by atoms with E-state index in [1.165, 1.54) is 5.56 Å². The van der Waals surface area contributed by atoms with Crippen LogP contribution in [0.4, 0.5) is 0 Å². The van der Waals surface area contributed by atoms with Crippen molar-refractivity contribution < 1.29 is 33.6 Å². The van der Waals surface area contributed by atoms with Gasteiger partial charge in [-0.05, 0) is 115 Å². The number of rotatable bonds is 23. The Morgan fingerprint density at radius 3 is 1.96 bits per heavy atom. The lowest BCUT2D eigenvalue weighted by Crippen LogP contribution is -2.59. The summed E-state index contributed by atoms with van der Waals surface area (Å²) in [6.07, 6.45) is 3.70. The molecule has 15 nitrogen and oxygen atoms in total. The number of fused-ring (bicyclic) bond motifs is 1. The number of amides is 5. The summed E-state index contributed by atoms with van der Waals surface area (Å²) in [6, 6.07) is 10.3. The van der Waals surface area contributed by atoms with Crippen LogP contribution in [0.1, 0.15) is 152 Å². The number of likely N-dealkylation sites (tertiary alicyclic amines) is 1. The van der Waals surface area contributed by atoms with Gasteiger partial charge in [0.1, 0.15) is 12.1 Å². The van der Waals surface area contributed by atoms with E-state index in [1.807, 2.05) is 73.6 Å². The molecule has 2 aromatic carbocycles. The van der Waals surface area contributed by atoms with Gasteiger partial charge >= 0.3 is 0 Å². The van der Waals surface area contributed by atoms with E-state index < -0.39 is 35.6 Å². The normalized spacial score (nSPS) is 19.7. The maximum atomic E-state index is 14.6. The second-order valence-electron chi connectivity index (χ2n) is 20.3. The minimum absolute atomic E-state index is 0. The number of hydrogen-bond donors (Lipinski definition) is 7. The number of carbonyl (C=O) groups is 7. The van der Waals surface area contributed by atoms with E-state index >= 15 is 0 Å². The third-order valence-electron chi connectivity index (χ3n) is 13.9. The third-order valence-corrected chi connectivity index (χ3v) is 13.9. The van der Waals surface area contributed by atoms with Crippen molar-refractivity contribution in [3.05, 3.63) is 70.8 Å². The van der Waals surface area contributed by atoms with Crippen LogP contribution in [-0.2, 0) is 30.4 Å². The average Bonchev–Trinajstić information content (AvgIpc) is 3.73. The predicted octanol–water partition coefficient (Wildman–Crippen LogP) is 5.63. The average molecular weight is 1000 g/mol. The molecule has 1 heterocycles. The number of benzene rings is 2. The molecule has 10 atom stereocenters. The molecule has 1 saturated heterocycles. The lowest BCUT2D eigenvalue weighted by Gasteiger charge is -2.36. The van der Waals surface area contributed by atoms with E-state index in [0.29, 0.717) is 17.5 Å². The van der Waals surface area contributed by atoms with Gasteiger partial charge in [-0.1, -0.05) is 84.0 Å². The molecule has 386 valence electrons. The van der Waals surface area contributed by atoms with E-state index in [-0.39, 0.29) is 134 Å². The monoisotopic (exact) mass is 1000 g/mol. The van der Waals surface area contributed by atoms with Gasteiger partial charge in [0.15, 0.2) is 11.6 Å². The molecule has 2 aliphatic rings. The van der Waals surface area contributed by atoms with Crippen LogP contribution in [-0.4, -0.2) is 115 Å². The van der Waals surface area contributed by atoms with Crippen LogP contribution in [0.3, 0.4) is 0 Å². The van der Waals surface area contributed by atoms with Gasteiger partial charge in [-0.2, -0.15) is 0 Å². The molecule has 1 aliphatic carbocycles. The lowest BCUT2D eigenvalue weighted by atomic mass is 9.85. The molecule has 0 aromatic heterocycles. The zero-order valence-electron chi connectivity index (χ0n) is 43.0. The minimum atomic E-state index is -0.942. The van der Waals surface area contributed by atoms with Crippen LogP contribution in [0.2, 0.25) is 0 Å². The Morgan fingerprint density at radius 2 is 1.36 bits per heavy atom. The molecule has 0 bridgehead atoms. The maximum Gasteiger partial charge on any atom is 0.246 e. The van der Waals surface area contributed by atoms with Gasteiger partial charge in [0, 0.05) is 48.6 Å². The molecule has 0 radical (unpaired) electrons. The molecule has 5 amide bonds. The van der Waals surface area contributed by atoms with Crippen molar-refractivity contribution in [2.24, 2.45) is 17.3 Å². The number of nitrogens with one attached hydrogen (secondary N) is 7. The molecule has 0 spiro atoms. The third kappa shape index (κ3) is 16.9. The Morgan fingerprint density at radius 1 is 0.754 bits per heavy atom. The Balaban J connectivity index is 0.00000817. The van der Waals surface area contributed by atoms with Crippen molar-refractivity contribution in [1.29, 1.82) is 0 Å². The number of halogens is 2. The number of aryl methyl sites for hydroxylation is 1. The molecule has 0 saturated carbocycles. The van der Waals surface area contributed by atoms with Crippen molar-refractivity contribution in [1.82, 2.24) is 42.1 Å². The van der Waals surface area contributed by atoms with Crippen LogP contribution in [0.5, 0.6) is 0 Å². The van der Waals surface area contributed by atoms with Gasteiger partial charge in [0.05, 0.1) is 24.2 Å². The smallest absolute Gasteiger partial charge is 0.246 e. The van der Waals surface area contributed by atoms with Crippen LogP contribution in [0, 0.1) is 17.3 Å². The van der Waals surface area contributed by atoms with Crippen LogP contribution < -0.4 is 37.2 Å². The zero-order valence-corrected chi connectivity index (χ0v) is 44.6. The number of carbonyl (C=O) groups excluding carboxylic acids is 7. The molecule has 1 aliphatic heterocycles. The number of ketones is 2. The molecule has 7 N–H and O–H groups in total. The standard InChI is InChI=1S/C52H80N8O7.2ClH/c1-13-40(57-47(63)33(6)53-11)32(5)55-42(49(65)56-31(4)30(2)3)24-25-44(61)37-20-16-21-38(28-37)45(62)27-35-26-43(50(66)58-41-23-17-19-36-18-14-15-22-39(36)41)60(29-35)51(67)46(52(8,9)10)59-48(64)34(7)54-12;;/h14-16,18,20-22,28,30-35,40-43,46,53-55H,13,17,19,23-27,29H2,1-12H3,(H,56,65)(H,57,63)(H,58,66)(H,59,64);2*1H/t31-,32?,33+,34+,35-,40+,41-,42+,43+,46-;;/m1../s1. The highest BCUT2D eigenvalue weighted by molar-refractivity contribution is 6.02. The van der Waals surface area contributed by atoms with Crippen LogP contribution >= 0.6 is 24.8 Å². The van der Waals surface area contributed by atoms with Crippen LogP contribution in [0.15, 0.2) is 48.5 Å². The Bertz CT molecular complexity index is 2060. The second kappa shape index (κ2) is 27.8. The van der Waals surface area contributed by atoms with E-state index in [0.717, 1.165) is 24.8 Å². The summed E-state index contributed by atoms with van der Waals surface area (Å²) >= 11 is 0. The number of likely N-dealkylation sites (N-methyl/N-ethyl adjacent to an activating group) is 2. The largest absolute Gasteiger partial charge is 0.352 e. The van der Waals surface area contributed by atoms with Gasteiger partial charge < -0.3 is 42.1 Å². The van der Waals surface area contributed by atoms with E-state index in [2.05, 4.69) is 43.3 Å². The zero-order chi connectivity index (χ0) is 49.7. The van der Waals surface area contributed by atoms with Crippen molar-refractivity contribution in [3.63, 3.8) is 0 Å². The number of hydrogen-bond acceptors (Lipinski definition) is 10. The molecule has 17 heteroatoms. The highest BCUT2D eigenvalue weighted by atomic mass is 35.5. The first-order valence-electron chi connectivity index (χ1n) is 24.5. The summed E-state index contributed by atoms with van der Waals surface area (Å²) in [4.78, 5) is 98.1. The highest BCUT2D eigenvalue weighted by Gasteiger charge is 2.46. The molecule has 1 unspecified atom stereocenters. The fourth-order valence-corrected chi connectivity index (χ4v) is 8.85. The van der Waals surface area contributed by atoms with Crippen molar-refractivity contribution in [2.75, 3.05) is 20.6 Å². The predicted molar refractivity (Wildman–Crippen MR) is 277 cm³/mol. The Hall–Kier alpha value is -4.41. The first-order chi connectivity index (χ1) is 31.6. The number of nitrogens with zero attached hydrogens (tertiary/aromatic N) is 1. The first kappa shape index (κ1) is 60.7. The number of Topliss-reactive ketones (excluding diaryl/α,β-unsaturated/α-hetero) is 2. The first-order valence-corrected chi connectivity index (χ1v) is 24.5. The molecule has 2 aromatic rings. The molecule has 4 rings (SSSR count).